The summed E-state index contributed by atoms with van der Waals surface area (Å²) >= 11 is 31.3. The average Bonchev–Trinajstić information content (AvgIpc) is 3.42. The highest BCUT2D eigenvalue weighted by molar-refractivity contribution is 6.53. The molecule has 4 nitrogen and oxygen atoms in total. The Morgan fingerprint density at radius 1 is 0.944 bits per heavy atom. The van der Waals surface area contributed by atoms with E-state index in [0.717, 1.165) is 0 Å². The summed E-state index contributed by atoms with van der Waals surface area (Å²) in [6.07, 6.45) is 0. The molecule has 10 heteroatoms. The van der Waals surface area contributed by atoms with Gasteiger partial charge >= 0.3 is 0 Å². The third-order valence-electron chi connectivity index (χ3n) is 6.24. The second-order valence-electron chi connectivity index (χ2n) is 8.80. The first-order valence-electron chi connectivity index (χ1n) is 10.8. The highest BCUT2D eigenvalue weighted by Gasteiger charge is 2.67. The molecule has 0 radical (unpaired) electrons. The molecule has 36 heavy (non-hydrogen) atoms. The van der Waals surface area contributed by atoms with Crippen LogP contribution in [0.1, 0.15) is 24.0 Å². The third kappa shape index (κ3) is 5.32. The minimum atomic E-state index is -1.43. The van der Waals surface area contributed by atoms with Crippen molar-refractivity contribution in [2.75, 3.05) is 17.3 Å². The van der Waals surface area contributed by atoms with Gasteiger partial charge in [0.25, 0.3) is 0 Å². The molecule has 0 aliphatic heterocycles. The predicted molar refractivity (Wildman–Crippen MR) is 146 cm³/mol. The first-order chi connectivity index (χ1) is 17.0. The van der Waals surface area contributed by atoms with E-state index in [1.54, 1.807) is 54.6 Å². The van der Waals surface area contributed by atoms with Gasteiger partial charge in [-0.2, -0.15) is 0 Å². The zero-order valence-corrected chi connectivity index (χ0v) is 22.6. The van der Waals surface area contributed by atoms with Crippen molar-refractivity contribution >= 4 is 81.2 Å². The standard InChI is InChI=1S/C26H20Cl5FN2O2/c1-25(13-32,15-5-3-2-4-6-15)24(36)34-20-12-18(7-8-19(20)29)33-23(35)22-21(26(22,30)31)14-9-16(27)11-17(28)10-14/h2-12,21-22H,13H2,1H3,(H,33,35)(H,34,36). The molecule has 3 aromatic carbocycles. The van der Waals surface area contributed by atoms with Gasteiger partial charge in [-0.05, 0) is 54.4 Å². The van der Waals surface area contributed by atoms with E-state index in [2.05, 4.69) is 10.6 Å². The first-order valence-corrected chi connectivity index (χ1v) is 12.7. The maximum atomic E-state index is 14.0. The van der Waals surface area contributed by atoms with Gasteiger partial charge in [0, 0.05) is 21.7 Å². The van der Waals surface area contributed by atoms with E-state index in [9.17, 15) is 14.0 Å². The molecular formula is C26H20Cl5FN2O2. The third-order valence-corrected chi connectivity index (χ3v) is 7.95. The highest BCUT2D eigenvalue weighted by atomic mass is 35.5. The molecule has 1 aliphatic carbocycles. The number of benzene rings is 3. The van der Waals surface area contributed by atoms with E-state index < -0.39 is 40.1 Å². The normalized spacial score (nSPS) is 19.8. The molecule has 2 amide bonds. The number of carbonyl (C=O) groups is 2. The lowest BCUT2D eigenvalue weighted by atomic mass is 9.83. The summed E-state index contributed by atoms with van der Waals surface area (Å²) in [6.45, 7) is 0.591. The van der Waals surface area contributed by atoms with Gasteiger partial charge in [0.2, 0.25) is 11.8 Å². The maximum absolute atomic E-state index is 14.0. The van der Waals surface area contributed by atoms with Gasteiger partial charge < -0.3 is 10.6 Å². The zero-order valence-electron chi connectivity index (χ0n) is 18.8. The monoisotopic (exact) mass is 586 g/mol. The Hall–Kier alpha value is -2.02. The van der Waals surface area contributed by atoms with Crippen molar-refractivity contribution in [1.82, 2.24) is 0 Å². The van der Waals surface area contributed by atoms with Gasteiger partial charge in [0.15, 0.2) is 0 Å². The van der Waals surface area contributed by atoms with Crippen LogP contribution in [0.15, 0.2) is 66.7 Å². The Morgan fingerprint density at radius 2 is 1.58 bits per heavy atom. The van der Waals surface area contributed by atoms with Gasteiger partial charge in [0.05, 0.1) is 22.0 Å². The van der Waals surface area contributed by atoms with Gasteiger partial charge in [0.1, 0.15) is 11.0 Å². The summed E-state index contributed by atoms with van der Waals surface area (Å²) < 4.78 is 12.7. The van der Waals surface area contributed by atoms with Crippen LogP contribution in [-0.4, -0.2) is 22.8 Å². The van der Waals surface area contributed by atoms with E-state index >= 15 is 0 Å². The van der Waals surface area contributed by atoms with Crippen molar-refractivity contribution in [3.05, 3.63) is 92.9 Å². The molecule has 3 aromatic rings. The van der Waals surface area contributed by atoms with Gasteiger partial charge in [-0.25, -0.2) is 4.39 Å². The minimum absolute atomic E-state index is 0.215. The molecule has 0 heterocycles. The van der Waals surface area contributed by atoms with E-state index in [4.69, 9.17) is 58.0 Å². The Labute approximate surface area is 233 Å². The number of hydrogen-bond donors (Lipinski definition) is 2. The zero-order chi connectivity index (χ0) is 26.3. The molecule has 0 saturated heterocycles. The number of halogens is 6. The van der Waals surface area contributed by atoms with Crippen LogP contribution in [0.3, 0.4) is 0 Å². The molecule has 0 spiro atoms. The Bertz CT molecular complexity index is 1300. The van der Waals surface area contributed by atoms with Crippen LogP contribution >= 0.6 is 58.0 Å². The molecular weight excluding hydrogens is 569 g/mol. The van der Waals surface area contributed by atoms with E-state index in [1.807, 2.05) is 0 Å². The summed E-state index contributed by atoms with van der Waals surface area (Å²) in [5.74, 6) is -2.29. The van der Waals surface area contributed by atoms with Crippen molar-refractivity contribution in [3.8, 4) is 0 Å². The molecule has 3 unspecified atom stereocenters. The SMILES string of the molecule is CC(CF)(C(=O)Nc1cc(NC(=O)C2C(c3cc(Cl)cc(Cl)c3)C2(Cl)Cl)ccc1Cl)c1ccccc1. The molecule has 3 atom stereocenters. The molecule has 0 bridgehead atoms. The van der Waals surface area contributed by atoms with E-state index in [0.29, 0.717) is 26.9 Å². The lowest BCUT2D eigenvalue weighted by Gasteiger charge is -2.26. The van der Waals surface area contributed by atoms with Crippen LogP contribution in [0.4, 0.5) is 15.8 Å². The number of nitrogens with one attached hydrogen (secondary N) is 2. The maximum Gasteiger partial charge on any atom is 0.237 e. The number of carbonyl (C=O) groups excluding carboxylic acids is 2. The van der Waals surface area contributed by atoms with Gasteiger partial charge in [-0.3, -0.25) is 9.59 Å². The average molecular weight is 589 g/mol. The molecule has 2 N–H and O–H groups in total. The van der Waals surface area contributed by atoms with Gasteiger partial charge in [-0.1, -0.05) is 65.1 Å². The number of alkyl halides is 3. The summed E-state index contributed by atoms with van der Waals surface area (Å²) in [4.78, 5) is 26.1. The molecule has 0 aromatic heterocycles. The largest absolute Gasteiger partial charge is 0.326 e. The second-order valence-corrected chi connectivity index (χ2v) is 11.5. The van der Waals surface area contributed by atoms with Crippen molar-refractivity contribution in [2.45, 2.75) is 22.6 Å². The van der Waals surface area contributed by atoms with Crippen LogP contribution in [0.5, 0.6) is 0 Å². The van der Waals surface area contributed by atoms with Crippen LogP contribution in [0.25, 0.3) is 0 Å². The molecule has 1 aliphatic rings. The van der Waals surface area contributed by atoms with Crippen LogP contribution in [0, 0.1) is 5.92 Å². The second kappa shape index (κ2) is 10.4. The summed E-state index contributed by atoms with van der Waals surface area (Å²) in [5.41, 5.74) is 0.299. The van der Waals surface area contributed by atoms with Crippen molar-refractivity contribution in [1.29, 1.82) is 0 Å². The minimum Gasteiger partial charge on any atom is -0.326 e. The number of hydrogen-bond acceptors (Lipinski definition) is 2. The van der Waals surface area contributed by atoms with Crippen molar-refractivity contribution < 1.29 is 14.0 Å². The smallest absolute Gasteiger partial charge is 0.237 e. The Morgan fingerprint density at radius 3 is 2.19 bits per heavy atom. The fraction of sp³-hybridized carbons (Fsp3) is 0.231. The van der Waals surface area contributed by atoms with Gasteiger partial charge in [-0.15, -0.1) is 23.2 Å². The summed E-state index contributed by atoms with van der Waals surface area (Å²) in [7, 11) is 0. The fourth-order valence-electron chi connectivity index (χ4n) is 4.08. The lowest BCUT2D eigenvalue weighted by Crippen LogP contribution is -2.39. The number of anilines is 2. The Balaban J connectivity index is 1.52. The highest BCUT2D eigenvalue weighted by Crippen LogP contribution is 2.65. The van der Waals surface area contributed by atoms with Crippen LogP contribution in [-0.2, 0) is 15.0 Å². The first kappa shape index (κ1) is 27.0. The topological polar surface area (TPSA) is 58.2 Å². The molecule has 1 saturated carbocycles. The summed E-state index contributed by atoms with van der Waals surface area (Å²) in [5, 5.41) is 6.46. The van der Waals surface area contributed by atoms with E-state index in [-0.39, 0.29) is 10.7 Å². The fourth-order valence-corrected chi connectivity index (χ4v) is 5.61. The molecule has 1 fully saturated rings. The predicted octanol–water partition coefficient (Wildman–Crippen LogP) is 8.04. The number of amides is 2. The quantitative estimate of drug-likeness (QED) is 0.275. The molecule has 4 rings (SSSR count). The van der Waals surface area contributed by atoms with Crippen LogP contribution < -0.4 is 10.6 Å². The number of rotatable bonds is 7. The van der Waals surface area contributed by atoms with E-state index in [1.165, 1.54) is 19.1 Å². The lowest BCUT2D eigenvalue weighted by molar-refractivity contribution is -0.121. The summed E-state index contributed by atoms with van der Waals surface area (Å²) in [6, 6.07) is 18.1. The molecule has 188 valence electrons. The Kier molecular flexibility index (Phi) is 7.80. The van der Waals surface area contributed by atoms with Crippen molar-refractivity contribution in [2.24, 2.45) is 5.92 Å². The van der Waals surface area contributed by atoms with Crippen LogP contribution in [0.2, 0.25) is 15.1 Å². The van der Waals surface area contributed by atoms with Crippen molar-refractivity contribution in [3.63, 3.8) is 0 Å².